The highest BCUT2D eigenvalue weighted by Gasteiger charge is 2.13. The SMILES string of the molecule is CNS(=O)(=O)c1cccc(C(C)Nc2cccnc2)c1. The van der Waals surface area contributed by atoms with Gasteiger partial charge >= 0.3 is 0 Å². The van der Waals surface area contributed by atoms with Crippen molar-refractivity contribution in [3.05, 3.63) is 54.4 Å². The van der Waals surface area contributed by atoms with E-state index in [0.717, 1.165) is 11.3 Å². The first kappa shape index (κ1) is 14.5. The van der Waals surface area contributed by atoms with Gasteiger partial charge in [0.15, 0.2) is 0 Å². The molecule has 1 atom stereocenters. The molecule has 1 heterocycles. The number of nitrogens with zero attached hydrogens (tertiary/aromatic N) is 1. The maximum Gasteiger partial charge on any atom is 0.240 e. The molecule has 0 fully saturated rings. The van der Waals surface area contributed by atoms with Gasteiger partial charge in [-0.2, -0.15) is 0 Å². The second-order valence-electron chi connectivity index (χ2n) is 4.39. The van der Waals surface area contributed by atoms with Crippen LogP contribution in [0.15, 0.2) is 53.7 Å². The quantitative estimate of drug-likeness (QED) is 0.885. The molecule has 0 amide bonds. The minimum Gasteiger partial charge on any atom is -0.377 e. The molecule has 106 valence electrons. The van der Waals surface area contributed by atoms with Crippen LogP contribution in [-0.2, 0) is 10.0 Å². The molecule has 0 spiro atoms. The fraction of sp³-hybridized carbons (Fsp3) is 0.214. The lowest BCUT2D eigenvalue weighted by Crippen LogP contribution is -2.19. The molecule has 2 N–H and O–H groups in total. The minimum absolute atomic E-state index is 0.0220. The zero-order chi connectivity index (χ0) is 14.6. The van der Waals surface area contributed by atoms with Gasteiger partial charge in [0, 0.05) is 18.4 Å². The van der Waals surface area contributed by atoms with Crippen molar-refractivity contribution in [2.75, 3.05) is 12.4 Å². The smallest absolute Gasteiger partial charge is 0.240 e. The zero-order valence-corrected chi connectivity index (χ0v) is 12.2. The summed E-state index contributed by atoms with van der Waals surface area (Å²) in [6.07, 6.45) is 3.43. The Balaban J connectivity index is 2.23. The van der Waals surface area contributed by atoms with Gasteiger partial charge in [0.05, 0.1) is 10.6 Å². The highest BCUT2D eigenvalue weighted by Crippen LogP contribution is 2.21. The molecular formula is C14H17N3O2S. The summed E-state index contributed by atoms with van der Waals surface area (Å²) in [7, 11) is -2.02. The van der Waals surface area contributed by atoms with E-state index >= 15 is 0 Å². The van der Waals surface area contributed by atoms with E-state index in [2.05, 4.69) is 15.0 Å². The van der Waals surface area contributed by atoms with Crippen molar-refractivity contribution in [2.45, 2.75) is 17.9 Å². The van der Waals surface area contributed by atoms with Crippen molar-refractivity contribution in [2.24, 2.45) is 0 Å². The number of pyridine rings is 1. The van der Waals surface area contributed by atoms with E-state index in [4.69, 9.17) is 0 Å². The predicted molar refractivity (Wildman–Crippen MR) is 79.0 cm³/mol. The van der Waals surface area contributed by atoms with Crippen LogP contribution in [0.1, 0.15) is 18.5 Å². The third-order valence-electron chi connectivity index (χ3n) is 2.98. The summed E-state index contributed by atoms with van der Waals surface area (Å²) in [5, 5.41) is 3.28. The van der Waals surface area contributed by atoms with E-state index < -0.39 is 10.0 Å². The van der Waals surface area contributed by atoms with Crippen molar-refractivity contribution in [1.82, 2.24) is 9.71 Å². The van der Waals surface area contributed by atoms with Crippen LogP contribution in [0.4, 0.5) is 5.69 Å². The van der Waals surface area contributed by atoms with Crippen molar-refractivity contribution in [1.29, 1.82) is 0 Å². The van der Waals surface area contributed by atoms with Crippen LogP contribution in [0, 0.1) is 0 Å². The van der Waals surface area contributed by atoms with Gasteiger partial charge in [0.1, 0.15) is 0 Å². The largest absolute Gasteiger partial charge is 0.377 e. The van der Waals surface area contributed by atoms with Crippen LogP contribution in [0.5, 0.6) is 0 Å². The summed E-state index contributed by atoms with van der Waals surface area (Å²) in [4.78, 5) is 4.29. The van der Waals surface area contributed by atoms with Gasteiger partial charge in [-0.25, -0.2) is 13.1 Å². The lowest BCUT2D eigenvalue weighted by Gasteiger charge is -2.16. The van der Waals surface area contributed by atoms with Crippen LogP contribution in [-0.4, -0.2) is 20.4 Å². The van der Waals surface area contributed by atoms with E-state index in [0.29, 0.717) is 0 Å². The number of nitrogens with one attached hydrogen (secondary N) is 2. The number of sulfonamides is 1. The van der Waals surface area contributed by atoms with Gasteiger partial charge in [0.25, 0.3) is 0 Å². The Morgan fingerprint density at radius 1 is 1.20 bits per heavy atom. The molecule has 0 saturated heterocycles. The van der Waals surface area contributed by atoms with Crippen molar-refractivity contribution < 1.29 is 8.42 Å². The Labute approximate surface area is 119 Å². The number of hydrogen-bond donors (Lipinski definition) is 2. The summed E-state index contributed by atoms with van der Waals surface area (Å²) >= 11 is 0. The number of hydrogen-bond acceptors (Lipinski definition) is 4. The molecule has 0 aliphatic carbocycles. The van der Waals surface area contributed by atoms with Crippen LogP contribution in [0.3, 0.4) is 0 Å². The van der Waals surface area contributed by atoms with E-state index in [1.807, 2.05) is 25.1 Å². The molecule has 6 heteroatoms. The van der Waals surface area contributed by atoms with Crippen molar-refractivity contribution in [3.8, 4) is 0 Å². The molecule has 1 aromatic carbocycles. The molecule has 1 aromatic heterocycles. The second kappa shape index (κ2) is 6.02. The van der Waals surface area contributed by atoms with E-state index in [1.165, 1.54) is 7.05 Å². The molecule has 20 heavy (non-hydrogen) atoms. The Hall–Kier alpha value is -1.92. The summed E-state index contributed by atoms with van der Waals surface area (Å²) in [6, 6.07) is 10.6. The fourth-order valence-electron chi connectivity index (χ4n) is 1.85. The van der Waals surface area contributed by atoms with Gasteiger partial charge in [-0.15, -0.1) is 0 Å². The van der Waals surface area contributed by atoms with Crippen LogP contribution < -0.4 is 10.0 Å². The highest BCUT2D eigenvalue weighted by atomic mass is 32.2. The monoisotopic (exact) mass is 291 g/mol. The number of benzene rings is 1. The minimum atomic E-state index is -3.42. The Morgan fingerprint density at radius 2 is 2.00 bits per heavy atom. The maximum atomic E-state index is 11.8. The standard InChI is InChI=1S/C14H17N3O2S/c1-11(17-13-6-4-8-16-10-13)12-5-3-7-14(9-12)20(18,19)15-2/h3-11,15,17H,1-2H3. The number of rotatable bonds is 5. The van der Waals surface area contributed by atoms with Crippen LogP contribution in [0.2, 0.25) is 0 Å². The zero-order valence-electron chi connectivity index (χ0n) is 11.4. The van der Waals surface area contributed by atoms with Gasteiger partial charge in [-0.1, -0.05) is 12.1 Å². The lowest BCUT2D eigenvalue weighted by atomic mass is 10.1. The summed E-state index contributed by atoms with van der Waals surface area (Å²) in [5.41, 5.74) is 1.78. The average molecular weight is 291 g/mol. The molecule has 0 aliphatic heterocycles. The average Bonchev–Trinajstić information content (AvgIpc) is 2.48. The molecule has 0 radical (unpaired) electrons. The first-order valence-corrected chi connectivity index (χ1v) is 7.71. The molecule has 0 bridgehead atoms. The van der Waals surface area contributed by atoms with Gasteiger partial charge < -0.3 is 5.32 Å². The Morgan fingerprint density at radius 3 is 2.65 bits per heavy atom. The topological polar surface area (TPSA) is 71.1 Å². The van der Waals surface area contributed by atoms with Gasteiger partial charge in [-0.3, -0.25) is 4.98 Å². The molecule has 2 rings (SSSR count). The lowest BCUT2D eigenvalue weighted by molar-refractivity contribution is 0.588. The molecule has 1 unspecified atom stereocenters. The number of aromatic nitrogens is 1. The van der Waals surface area contributed by atoms with Crippen LogP contribution >= 0.6 is 0 Å². The fourth-order valence-corrected chi connectivity index (χ4v) is 2.64. The Bertz CT molecular complexity index is 672. The summed E-state index contributed by atoms with van der Waals surface area (Å²) in [6.45, 7) is 1.97. The van der Waals surface area contributed by atoms with Crippen molar-refractivity contribution in [3.63, 3.8) is 0 Å². The summed E-state index contributed by atoms with van der Waals surface area (Å²) in [5.74, 6) is 0. The third kappa shape index (κ3) is 3.34. The van der Waals surface area contributed by atoms with Crippen LogP contribution in [0.25, 0.3) is 0 Å². The molecule has 5 nitrogen and oxygen atoms in total. The highest BCUT2D eigenvalue weighted by molar-refractivity contribution is 7.89. The Kier molecular flexibility index (Phi) is 4.36. The molecule has 2 aromatic rings. The molecule has 0 aliphatic rings. The first-order valence-electron chi connectivity index (χ1n) is 6.23. The second-order valence-corrected chi connectivity index (χ2v) is 6.27. The van der Waals surface area contributed by atoms with Gasteiger partial charge in [-0.05, 0) is 43.8 Å². The van der Waals surface area contributed by atoms with E-state index in [-0.39, 0.29) is 10.9 Å². The summed E-state index contributed by atoms with van der Waals surface area (Å²) < 4.78 is 25.9. The number of anilines is 1. The first-order chi connectivity index (χ1) is 9.53. The normalized spacial score (nSPS) is 12.9. The molecular weight excluding hydrogens is 274 g/mol. The van der Waals surface area contributed by atoms with Crippen molar-refractivity contribution >= 4 is 15.7 Å². The van der Waals surface area contributed by atoms with E-state index in [1.54, 1.807) is 30.6 Å². The van der Waals surface area contributed by atoms with E-state index in [9.17, 15) is 8.42 Å². The van der Waals surface area contributed by atoms with Gasteiger partial charge in [0.2, 0.25) is 10.0 Å². The molecule has 0 saturated carbocycles. The predicted octanol–water partition coefficient (Wildman–Crippen LogP) is 2.16. The maximum absolute atomic E-state index is 11.8. The third-order valence-corrected chi connectivity index (χ3v) is 4.39.